The molecule has 13 heavy (non-hydrogen) atoms. The van der Waals surface area contributed by atoms with Crippen LogP contribution in [0.3, 0.4) is 0 Å². The molecular formula is C8H6BrFO3. The topological polar surface area (TPSA) is 57.5 Å². The number of aromatic hydroxyl groups is 1. The summed E-state index contributed by atoms with van der Waals surface area (Å²) in [5, 5.41) is 17.5. The van der Waals surface area contributed by atoms with E-state index in [9.17, 15) is 9.18 Å². The summed E-state index contributed by atoms with van der Waals surface area (Å²) in [4.78, 5) is 10.3. The molecule has 0 saturated carbocycles. The number of phenolic OH excluding ortho intramolecular Hbond substituents is 1. The standard InChI is InChI=1S/C8H6BrFO3/c9-6-3-5(11)1-4(8(6)10)2-7(12)13/h1,3,11H,2H2,(H,12,13). The van der Waals surface area contributed by atoms with Gasteiger partial charge < -0.3 is 10.2 Å². The van der Waals surface area contributed by atoms with E-state index in [4.69, 9.17) is 10.2 Å². The molecule has 1 aromatic rings. The SMILES string of the molecule is O=C(O)Cc1cc(O)cc(Br)c1F. The molecule has 0 heterocycles. The van der Waals surface area contributed by atoms with Gasteiger partial charge in [-0.3, -0.25) is 4.79 Å². The molecule has 1 rings (SSSR count). The summed E-state index contributed by atoms with van der Waals surface area (Å²) in [7, 11) is 0. The Bertz CT molecular complexity index is 351. The van der Waals surface area contributed by atoms with E-state index in [0.717, 1.165) is 6.07 Å². The second-order valence-electron chi connectivity index (χ2n) is 2.47. The van der Waals surface area contributed by atoms with Gasteiger partial charge in [-0.25, -0.2) is 4.39 Å². The summed E-state index contributed by atoms with van der Waals surface area (Å²) in [5.41, 5.74) is -0.0422. The number of hydrogen-bond acceptors (Lipinski definition) is 2. The van der Waals surface area contributed by atoms with Gasteiger partial charge in [0.15, 0.2) is 0 Å². The van der Waals surface area contributed by atoms with E-state index in [2.05, 4.69) is 15.9 Å². The van der Waals surface area contributed by atoms with Gasteiger partial charge in [0, 0.05) is 5.56 Å². The van der Waals surface area contributed by atoms with E-state index >= 15 is 0 Å². The highest BCUT2D eigenvalue weighted by Crippen LogP contribution is 2.25. The Hall–Kier alpha value is -1.10. The summed E-state index contributed by atoms with van der Waals surface area (Å²) >= 11 is 2.86. The zero-order valence-corrected chi connectivity index (χ0v) is 8.01. The van der Waals surface area contributed by atoms with E-state index in [1.165, 1.54) is 6.07 Å². The minimum absolute atomic E-state index is 0.0422. The lowest BCUT2D eigenvalue weighted by atomic mass is 10.1. The smallest absolute Gasteiger partial charge is 0.307 e. The molecule has 0 aliphatic heterocycles. The summed E-state index contributed by atoms with van der Waals surface area (Å²) in [5.74, 6) is -1.96. The van der Waals surface area contributed by atoms with Crippen molar-refractivity contribution < 1.29 is 19.4 Å². The van der Waals surface area contributed by atoms with E-state index < -0.39 is 18.2 Å². The largest absolute Gasteiger partial charge is 0.508 e. The number of aliphatic carboxylic acids is 1. The number of benzene rings is 1. The summed E-state index contributed by atoms with van der Waals surface area (Å²) in [6.45, 7) is 0. The highest BCUT2D eigenvalue weighted by atomic mass is 79.9. The van der Waals surface area contributed by atoms with Crippen LogP contribution < -0.4 is 0 Å². The average Bonchev–Trinajstić information content (AvgIpc) is 1.98. The Balaban J connectivity index is 3.12. The van der Waals surface area contributed by atoms with Crippen molar-refractivity contribution in [1.82, 2.24) is 0 Å². The van der Waals surface area contributed by atoms with Gasteiger partial charge in [0.2, 0.25) is 0 Å². The maximum absolute atomic E-state index is 13.1. The van der Waals surface area contributed by atoms with Crippen LogP contribution in [0.1, 0.15) is 5.56 Å². The first-order valence-electron chi connectivity index (χ1n) is 3.39. The van der Waals surface area contributed by atoms with Gasteiger partial charge in [0.25, 0.3) is 0 Å². The maximum Gasteiger partial charge on any atom is 0.307 e. The van der Waals surface area contributed by atoms with Gasteiger partial charge in [-0.2, -0.15) is 0 Å². The third kappa shape index (κ3) is 2.42. The fraction of sp³-hybridized carbons (Fsp3) is 0.125. The molecule has 0 aliphatic rings. The summed E-state index contributed by atoms with van der Waals surface area (Å²) < 4.78 is 13.2. The summed E-state index contributed by atoms with van der Waals surface area (Å²) in [6, 6.07) is 2.26. The monoisotopic (exact) mass is 248 g/mol. The van der Waals surface area contributed by atoms with Gasteiger partial charge in [-0.05, 0) is 28.1 Å². The highest BCUT2D eigenvalue weighted by molar-refractivity contribution is 9.10. The van der Waals surface area contributed by atoms with Crippen LogP contribution in [0.2, 0.25) is 0 Å². The van der Waals surface area contributed by atoms with Gasteiger partial charge in [0.1, 0.15) is 11.6 Å². The van der Waals surface area contributed by atoms with E-state index in [1.807, 2.05) is 0 Å². The highest BCUT2D eigenvalue weighted by Gasteiger charge is 2.11. The van der Waals surface area contributed by atoms with Crippen LogP contribution in [-0.4, -0.2) is 16.2 Å². The average molecular weight is 249 g/mol. The van der Waals surface area contributed by atoms with Crippen LogP contribution in [0.4, 0.5) is 4.39 Å². The van der Waals surface area contributed by atoms with Gasteiger partial charge >= 0.3 is 5.97 Å². The molecule has 0 radical (unpaired) electrons. The molecule has 0 atom stereocenters. The number of hydrogen-bond donors (Lipinski definition) is 2. The fourth-order valence-corrected chi connectivity index (χ4v) is 1.41. The lowest BCUT2D eigenvalue weighted by molar-refractivity contribution is -0.136. The molecule has 0 bridgehead atoms. The predicted molar refractivity (Wildman–Crippen MR) is 47.1 cm³/mol. The maximum atomic E-state index is 13.1. The molecule has 70 valence electrons. The number of carboxylic acid groups (broad SMARTS) is 1. The Labute approximate surface area is 81.9 Å². The quantitative estimate of drug-likeness (QED) is 0.841. The van der Waals surface area contributed by atoms with Crippen LogP contribution in [0.5, 0.6) is 5.75 Å². The number of phenols is 1. The molecule has 0 unspecified atom stereocenters. The molecule has 0 saturated heterocycles. The third-order valence-corrected chi connectivity index (χ3v) is 2.01. The summed E-state index contributed by atoms with van der Waals surface area (Å²) in [6.07, 6.45) is -0.446. The number of carbonyl (C=O) groups is 1. The second kappa shape index (κ2) is 3.74. The molecule has 2 N–H and O–H groups in total. The van der Waals surface area contributed by atoms with Crippen LogP contribution in [0.25, 0.3) is 0 Å². The normalized spacial score (nSPS) is 10.0. The fourth-order valence-electron chi connectivity index (χ4n) is 0.922. The first-order valence-corrected chi connectivity index (χ1v) is 4.18. The van der Waals surface area contributed by atoms with Crippen LogP contribution >= 0.6 is 15.9 Å². The third-order valence-electron chi connectivity index (χ3n) is 1.43. The van der Waals surface area contributed by atoms with Crippen molar-refractivity contribution >= 4 is 21.9 Å². The van der Waals surface area contributed by atoms with E-state index in [0.29, 0.717) is 0 Å². The molecule has 0 spiro atoms. The minimum Gasteiger partial charge on any atom is -0.508 e. The molecule has 3 nitrogen and oxygen atoms in total. The first kappa shape index (κ1) is 9.98. The number of halogens is 2. The number of carboxylic acids is 1. The van der Waals surface area contributed by atoms with Crippen molar-refractivity contribution in [3.05, 3.63) is 28.0 Å². The van der Waals surface area contributed by atoms with Gasteiger partial charge in [-0.1, -0.05) is 0 Å². The van der Waals surface area contributed by atoms with Crippen molar-refractivity contribution in [3.8, 4) is 5.75 Å². The van der Waals surface area contributed by atoms with Crippen LogP contribution in [-0.2, 0) is 11.2 Å². The Morgan fingerprint density at radius 2 is 2.15 bits per heavy atom. The zero-order valence-electron chi connectivity index (χ0n) is 6.42. The molecular weight excluding hydrogens is 243 g/mol. The molecule has 0 aliphatic carbocycles. The molecule has 5 heteroatoms. The Kier molecular flexibility index (Phi) is 2.87. The predicted octanol–water partition coefficient (Wildman–Crippen LogP) is 1.92. The lowest BCUT2D eigenvalue weighted by Gasteiger charge is -2.02. The van der Waals surface area contributed by atoms with Crippen molar-refractivity contribution in [3.63, 3.8) is 0 Å². The molecule has 0 fully saturated rings. The van der Waals surface area contributed by atoms with Crippen molar-refractivity contribution in [2.24, 2.45) is 0 Å². The Morgan fingerprint density at radius 3 is 2.69 bits per heavy atom. The molecule has 0 amide bonds. The van der Waals surface area contributed by atoms with E-state index in [-0.39, 0.29) is 15.8 Å². The van der Waals surface area contributed by atoms with Gasteiger partial charge in [-0.15, -0.1) is 0 Å². The van der Waals surface area contributed by atoms with Crippen molar-refractivity contribution in [1.29, 1.82) is 0 Å². The van der Waals surface area contributed by atoms with Gasteiger partial charge in [0.05, 0.1) is 10.9 Å². The lowest BCUT2D eigenvalue weighted by Crippen LogP contribution is -2.02. The van der Waals surface area contributed by atoms with Crippen molar-refractivity contribution in [2.75, 3.05) is 0 Å². The zero-order chi connectivity index (χ0) is 10.0. The number of rotatable bonds is 2. The minimum atomic E-state index is -1.14. The van der Waals surface area contributed by atoms with Crippen LogP contribution in [0, 0.1) is 5.82 Å². The van der Waals surface area contributed by atoms with E-state index in [1.54, 1.807) is 0 Å². The first-order chi connectivity index (χ1) is 6.00. The Morgan fingerprint density at radius 1 is 1.54 bits per heavy atom. The molecule has 1 aromatic carbocycles. The second-order valence-corrected chi connectivity index (χ2v) is 3.33. The van der Waals surface area contributed by atoms with Crippen molar-refractivity contribution in [2.45, 2.75) is 6.42 Å². The molecule has 0 aromatic heterocycles. The van der Waals surface area contributed by atoms with Crippen LogP contribution in [0.15, 0.2) is 16.6 Å².